The molecule has 3 rings (SSSR count). The maximum Gasteiger partial charge on any atom is 0.253 e. The van der Waals surface area contributed by atoms with Crippen LogP contribution in [0.2, 0.25) is 0 Å². The second-order valence-electron chi connectivity index (χ2n) is 5.27. The fourth-order valence-corrected chi connectivity index (χ4v) is 2.56. The smallest absolute Gasteiger partial charge is 0.253 e. The average Bonchev–Trinajstić information content (AvgIpc) is 3.03. The molecule has 1 fully saturated rings. The normalized spacial score (nSPS) is 17.7. The van der Waals surface area contributed by atoms with Crippen molar-refractivity contribution in [3.63, 3.8) is 0 Å². The van der Waals surface area contributed by atoms with Gasteiger partial charge in [-0.15, -0.1) is 0 Å². The number of benzene rings is 1. The number of nitrogens with zero attached hydrogens (tertiary/aromatic N) is 2. The van der Waals surface area contributed by atoms with Crippen LogP contribution < -0.4 is 4.74 Å². The van der Waals surface area contributed by atoms with Gasteiger partial charge in [-0.2, -0.15) is 0 Å². The Kier molecular flexibility index (Phi) is 4.15. The number of carbonyl (C=O) groups is 1. The van der Waals surface area contributed by atoms with Crippen LogP contribution in [0.4, 0.5) is 0 Å². The first-order valence-corrected chi connectivity index (χ1v) is 7.20. The van der Waals surface area contributed by atoms with Crippen LogP contribution in [0.25, 0.3) is 0 Å². The highest BCUT2D eigenvalue weighted by molar-refractivity contribution is 5.94. The SMILES string of the molecule is O=C(c1ccccc1)N1CCC(COc2ccncc2)C1. The lowest BCUT2D eigenvalue weighted by molar-refractivity contribution is 0.0783. The predicted octanol–water partition coefficient (Wildman–Crippen LogP) is 2.62. The summed E-state index contributed by atoms with van der Waals surface area (Å²) >= 11 is 0. The van der Waals surface area contributed by atoms with Gasteiger partial charge >= 0.3 is 0 Å². The van der Waals surface area contributed by atoms with Crippen LogP contribution in [-0.4, -0.2) is 35.5 Å². The lowest BCUT2D eigenvalue weighted by atomic mass is 10.1. The molecule has 0 radical (unpaired) electrons. The van der Waals surface area contributed by atoms with Gasteiger partial charge in [-0.3, -0.25) is 9.78 Å². The number of carbonyl (C=O) groups excluding carboxylic acids is 1. The Bertz CT molecular complexity index is 586. The number of hydrogen-bond acceptors (Lipinski definition) is 3. The number of rotatable bonds is 4. The van der Waals surface area contributed by atoms with E-state index in [1.807, 2.05) is 47.4 Å². The molecule has 1 saturated heterocycles. The number of ether oxygens (including phenoxy) is 1. The lowest BCUT2D eigenvalue weighted by Crippen LogP contribution is -2.29. The summed E-state index contributed by atoms with van der Waals surface area (Å²) in [5, 5.41) is 0. The Morgan fingerprint density at radius 2 is 1.95 bits per heavy atom. The van der Waals surface area contributed by atoms with Gasteiger partial charge in [0.15, 0.2) is 0 Å². The third-order valence-electron chi connectivity index (χ3n) is 3.73. The highest BCUT2D eigenvalue weighted by Gasteiger charge is 2.27. The second kappa shape index (κ2) is 6.39. The topological polar surface area (TPSA) is 42.4 Å². The average molecular weight is 282 g/mol. The molecule has 0 spiro atoms. The molecule has 1 unspecified atom stereocenters. The first-order chi connectivity index (χ1) is 10.3. The maximum absolute atomic E-state index is 12.3. The Balaban J connectivity index is 1.53. The summed E-state index contributed by atoms with van der Waals surface area (Å²) in [4.78, 5) is 18.2. The molecule has 21 heavy (non-hydrogen) atoms. The monoisotopic (exact) mass is 282 g/mol. The van der Waals surface area contributed by atoms with Crippen LogP contribution in [-0.2, 0) is 0 Å². The van der Waals surface area contributed by atoms with E-state index in [-0.39, 0.29) is 5.91 Å². The minimum Gasteiger partial charge on any atom is -0.493 e. The summed E-state index contributed by atoms with van der Waals surface area (Å²) in [5.74, 6) is 1.34. The van der Waals surface area contributed by atoms with Gasteiger partial charge in [-0.1, -0.05) is 18.2 Å². The van der Waals surface area contributed by atoms with E-state index < -0.39 is 0 Å². The zero-order valence-corrected chi connectivity index (χ0v) is 11.8. The summed E-state index contributed by atoms with van der Waals surface area (Å²) in [7, 11) is 0. The first-order valence-electron chi connectivity index (χ1n) is 7.20. The second-order valence-corrected chi connectivity index (χ2v) is 5.27. The van der Waals surface area contributed by atoms with Crippen molar-refractivity contribution in [2.75, 3.05) is 19.7 Å². The van der Waals surface area contributed by atoms with E-state index in [0.29, 0.717) is 12.5 Å². The van der Waals surface area contributed by atoms with Crippen molar-refractivity contribution in [2.24, 2.45) is 5.92 Å². The largest absolute Gasteiger partial charge is 0.493 e. The molecule has 0 saturated carbocycles. The zero-order chi connectivity index (χ0) is 14.5. The molecule has 4 nitrogen and oxygen atoms in total. The van der Waals surface area contributed by atoms with Crippen molar-refractivity contribution in [3.8, 4) is 5.75 Å². The predicted molar refractivity (Wildman–Crippen MR) is 80.2 cm³/mol. The number of hydrogen-bond donors (Lipinski definition) is 0. The van der Waals surface area contributed by atoms with E-state index in [2.05, 4.69) is 4.98 Å². The number of likely N-dealkylation sites (tertiary alicyclic amines) is 1. The standard InChI is InChI=1S/C17H18N2O2/c20-17(15-4-2-1-3-5-15)19-11-8-14(12-19)13-21-16-6-9-18-10-7-16/h1-7,9-10,14H,8,11-13H2. The summed E-state index contributed by atoms with van der Waals surface area (Å²) < 4.78 is 5.75. The van der Waals surface area contributed by atoms with Crippen LogP contribution in [0.15, 0.2) is 54.9 Å². The summed E-state index contributed by atoms with van der Waals surface area (Å²) in [6, 6.07) is 13.1. The summed E-state index contributed by atoms with van der Waals surface area (Å²) in [6.45, 7) is 2.21. The van der Waals surface area contributed by atoms with Crippen molar-refractivity contribution in [1.29, 1.82) is 0 Å². The van der Waals surface area contributed by atoms with Gasteiger partial charge in [-0.25, -0.2) is 0 Å². The number of pyridine rings is 1. The van der Waals surface area contributed by atoms with Crippen LogP contribution in [0.1, 0.15) is 16.8 Å². The van der Waals surface area contributed by atoms with Gasteiger partial charge in [0.1, 0.15) is 5.75 Å². The molecule has 1 amide bonds. The molecule has 1 aliphatic heterocycles. The molecule has 2 heterocycles. The molecule has 1 aliphatic rings. The molecule has 1 aromatic carbocycles. The Morgan fingerprint density at radius 1 is 1.19 bits per heavy atom. The van der Waals surface area contributed by atoms with Crippen LogP contribution in [0, 0.1) is 5.92 Å². The Morgan fingerprint density at radius 3 is 2.71 bits per heavy atom. The summed E-state index contributed by atoms with van der Waals surface area (Å²) in [5.41, 5.74) is 0.758. The Labute approximate surface area is 124 Å². The quantitative estimate of drug-likeness (QED) is 0.865. The van der Waals surface area contributed by atoms with Crippen molar-refractivity contribution >= 4 is 5.91 Å². The molecule has 1 aromatic heterocycles. The van der Waals surface area contributed by atoms with Crippen molar-refractivity contribution in [1.82, 2.24) is 9.88 Å². The van der Waals surface area contributed by atoms with Gasteiger partial charge in [0.2, 0.25) is 0 Å². The summed E-state index contributed by atoms with van der Waals surface area (Å²) in [6.07, 6.45) is 4.42. The maximum atomic E-state index is 12.3. The molecule has 4 heteroatoms. The third-order valence-corrected chi connectivity index (χ3v) is 3.73. The highest BCUT2D eigenvalue weighted by Crippen LogP contribution is 2.20. The fourth-order valence-electron chi connectivity index (χ4n) is 2.56. The van der Waals surface area contributed by atoms with Gasteiger partial charge in [-0.05, 0) is 30.7 Å². The molecule has 1 atom stereocenters. The van der Waals surface area contributed by atoms with E-state index in [0.717, 1.165) is 30.8 Å². The zero-order valence-electron chi connectivity index (χ0n) is 11.8. The molecule has 2 aromatic rings. The fraction of sp³-hybridized carbons (Fsp3) is 0.294. The van der Waals surface area contributed by atoms with Crippen molar-refractivity contribution < 1.29 is 9.53 Å². The van der Waals surface area contributed by atoms with Gasteiger partial charge < -0.3 is 9.64 Å². The van der Waals surface area contributed by atoms with E-state index in [1.165, 1.54) is 0 Å². The van der Waals surface area contributed by atoms with Gasteiger partial charge in [0, 0.05) is 37.0 Å². The van der Waals surface area contributed by atoms with Crippen LogP contribution in [0.3, 0.4) is 0 Å². The molecule has 108 valence electrons. The number of aromatic nitrogens is 1. The van der Waals surface area contributed by atoms with E-state index in [1.54, 1.807) is 12.4 Å². The van der Waals surface area contributed by atoms with E-state index in [9.17, 15) is 4.79 Å². The molecule has 0 N–H and O–H groups in total. The number of amides is 1. The van der Waals surface area contributed by atoms with Gasteiger partial charge in [0.05, 0.1) is 6.61 Å². The third kappa shape index (κ3) is 3.40. The minimum absolute atomic E-state index is 0.113. The van der Waals surface area contributed by atoms with E-state index in [4.69, 9.17) is 4.74 Å². The molecular formula is C17H18N2O2. The van der Waals surface area contributed by atoms with E-state index >= 15 is 0 Å². The lowest BCUT2D eigenvalue weighted by Gasteiger charge is -2.17. The molecule has 0 aliphatic carbocycles. The molecule has 0 bridgehead atoms. The van der Waals surface area contributed by atoms with Crippen LogP contribution in [0.5, 0.6) is 5.75 Å². The van der Waals surface area contributed by atoms with Gasteiger partial charge in [0.25, 0.3) is 5.91 Å². The van der Waals surface area contributed by atoms with Crippen molar-refractivity contribution in [2.45, 2.75) is 6.42 Å². The minimum atomic E-state index is 0.113. The Hall–Kier alpha value is -2.36. The highest BCUT2D eigenvalue weighted by atomic mass is 16.5. The van der Waals surface area contributed by atoms with Crippen LogP contribution >= 0.6 is 0 Å². The first kappa shape index (κ1) is 13.6. The van der Waals surface area contributed by atoms with Crippen molar-refractivity contribution in [3.05, 3.63) is 60.4 Å². The molecular weight excluding hydrogens is 264 g/mol.